The van der Waals surface area contributed by atoms with Crippen LogP contribution in [0.25, 0.3) is 6.08 Å². The Hall–Kier alpha value is -3.28. The number of rotatable bonds is 4. The van der Waals surface area contributed by atoms with Crippen LogP contribution < -0.4 is 10.4 Å². The van der Waals surface area contributed by atoms with Gasteiger partial charge in [0, 0.05) is 5.56 Å². The van der Waals surface area contributed by atoms with Crippen LogP contribution in [-0.2, 0) is 4.79 Å². The van der Waals surface area contributed by atoms with E-state index in [0.29, 0.717) is 5.56 Å². The van der Waals surface area contributed by atoms with Gasteiger partial charge in [0.15, 0.2) is 0 Å². The number of carbonyl (C=O) groups excluding carboxylic acids is 1. The molecule has 0 fully saturated rings. The van der Waals surface area contributed by atoms with E-state index in [-0.39, 0.29) is 11.3 Å². The SMILES string of the molecule is O=C(O)/C(=C\c1ccc(O)cc1[O-])NC(=O)c1ccccc1. The first-order valence-corrected chi connectivity index (χ1v) is 6.29. The molecule has 0 aliphatic heterocycles. The summed E-state index contributed by atoms with van der Waals surface area (Å²) in [5.74, 6) is -2.74. The normalized spacial score (nSPS) is 11.0. The summed E-state index contributed by atoms with van der Waals surface area (Å²) >= 11 is 0. The van der Waals surface area contributed by atoms with Crippen LogP contribution in [0.15, 0.2) is 54.2 Å². The molecule has 3 N–H and O–H groups in total. The second-order valence-electron chi connectivity index (χ2n) is 4.41. The predicted molar refractivity (Wildman–Crippen MR) is 77.1 cm³/mol. The minimum absolute atomic E-state index is 0.0450. The highest BCUT2D eigenvalue weighted by molar-refractivity contribution is 6.02. The second-order valence-corrected chi connectivity index (χ2v) is 4.41. The number of aromatic hydroxyl groups is 1. The van der Waals surface area contributed by atoms with Crippen molar-refractivity contribution in [3.05, 3.63) is 65.4 Å². The molecule has 2 aromatic carbocycles. The van der Waals surface area contributed by atoms with Gasteiger partial charge in [-0.3, -0.25) is 4.79 Å². The van der Waals surface area contributed by atoms with Gasteiger partial charge in [-0.2, -0.15) is 0 Å². The smallest absolute Gasteiger partial charge is 0.352 e. The van der Waals surface area contributed by atoms with Crippen molar-refractivity contribution in [2.24, 2.45) is 0 Å². The van der Waals surface area contributed by atoms with E-state index in [2.05, 4.69) is 5.32 Å². The molecule has 2 rings (SSSR count). The van der Waals surface area contributed by atoms with Crippen molar-refractivity contribution in [2.45, 2.75) is 0 Å². The largest absolute Gasteiger partial charge is 0.872 e. The zero-order valence-electron chi connectivity index (χ0n) is 11.3. The fraction of sp³-hybridized carbons (Fsp3) is 0. The monoisotopic (exact) mass is 298 g/mol. The van der Waals surface area contributed by atoms with Gasteiger partial charge in [-0.15, -0.1) is 0 Å². The van der Waals surface area contributed by atoms with Crippen molar-refractivity contribution in [2.75, 3.05) is 0 Å². The summed E-state index contributed by atoms with van der Waals surface area (Å²) in [4.78, 5) is 23.2. The number of carboxylic acid groups (broad SMARTS) is 1. The fourth-order valence-electron chi connectivity index (χ4n) is 1.73. The number of phenolic OH excluding ortho intramolecular Hbond substituents is 1. The van der Waals surface area contributed by atoms with Gasteiger partial charge in [-0.1, -0.05) is 30.0 Å². The minimum Gasteiger partial charge on any atom is -0.872 e. The maximum atomic E-state index is 12.0. The van der Waals surface area contributed by atoms with E-state index in [1.54, 1.807) is 18.2 Å². The predicted octanol–water partition coefficient (Wildman–Crippen LogP) is 1.32. The van der Waals surface area contributed by atoms with Gasteiger partial charge >= 0.3 is 5.97 Å². The van der Waals surface area contributed by atoms with Crippen molar-refractivity contribution >= 4 is 18.0 Å². The molecule has 0 unspecified atom stereocenters. The molecule has 0 atom stereocenters. The van der Waals surface area contributed by atoms with Gasteiger partial charge < -0.3 is 20.6 Å². The van der Waals surface area contributed by atoms with Gasteiger partial charge in [0.25, 0.3) is 5.91 Å². The molecule has 22 heavy (non-hydrogen) atoms. The Morgan fingerprint density at radius 3 is 2.36 bits per heavy atom. The van der Waals surface area contributed by atoms with Crippen LogP contribution in [0.4, 0.5) is 0 Å². The summed E-state index contributed by atoms with van der Waals surface area (Å²) < 4.78 is 0. The van der Waals surface area contributed by atoms with Crippen LogP contribution in [0.1, 0.15) is 15.9 Å². The van der Waals surface area contributed by atoms with E-state index in [1.165, 1.54) is 24.3 Å². The summed E-state index contributed by atoms with van der Waals surface area (Å²) in [6.45, 7) is 0. The lowest BCUT2D eigenvalue weighted by atomic mass is 10.1. The molecule has 0 aromatic heterocycles. The van der Waals surface area contributed by atoms with E-state index in [1.807, 2.05) is 0 Å². The Labute approximate surface area is 126 Å². The third kappa shape index (κ3) is 3.63. The first-order valence-electron chi connectivity index (χ1n) is 6.29. The minimum atomic E-state index is -1.38. The van der Waals surface area contributed by atoms with Crippen molar-refractivity contribution in [3.63, 3.8) is 0 Å². The number of benzene rings is 2. The van der Waals surface area contributed by atoms with Crippen LogP contribution in [0.3, 0.4) is 0 Å². The van der Waals surface area contributed by atoms with Crippen molar-refractivity contribution in [1.82, 2.24) is 5.32 Å². The molecular formula is C16H12NO5-. The van der Waals surface area contributed by atoms with Gasteiger partial charge in [0.05, 0.1) is 0 Å². The Morgan fingerprint density at radius 2 is 1.77 bits per heavy atom. The molecule has 0 bridgehead atoms. The average molecular weight is 298 g/mol. The lowest BCUT2D eigenvalue weighted by molar-refractivity contribution is -0.268. The Morgan fingerprint density at radius 1 is 1.09 bits per heavy atom. The van der Waals surface area contributed by atoms with Crippen molar-refractivity contribution in [1.29, 1.82) is 0 Å². The molecule has 6 heteroatoms. The molecular weight excluding hydrogens is 286 g/mol. The van der Waals surface area contributed by atoms with E-state index < -0.39 is 23.3 Å². The van der Waals surface area contributed by atoms with E-state index in [9.17, 15) is 14.7 Å². The molecule has 112 valence electrons. The van der Waals surface area contributed by atoms with Crippen LogP contribution in [0.2, 0.25) is 0 Å². The third-order valence-corrected chi connectivity index (χ3v) is 2.81. The molecule has 0 radical (unpaired) electrons. The summed E-state index contributed by atoms with van der Waals surface area (Å²) in [6, 6.07) is 11.6. The highest BCUT2D eigenvalue weighted by Crippen LogP contribution is 2.22. The molecule has 0 saturated heterocycles. The van der Waals surface area contributed by atoms with Crippen LogP contribution >= 0.6 is 0 Å². The summed E-state index contributed by atoms with van der Waals surface area (Å²) in [5, 5.41) is 32.2. The number of amides is 1. The van der Waals surface area contributed by atoms with Gasteiger partial charge in [-0.25, -0.2) is 4.79 Å². The number of nitrogens with one attached hydrogen (secondary N) is 1. The number of hydrogen-bond acceptors (Lipinski definition) is 4. The number of carbonyl (C=O) groups is 2. The maximum absolute atomic E-state index is 12.0. The molecule has 2 aromatic rings. The fourth-order valence-corrected chi connectivity index (χ4v) is 1.73. The van der Waals surface area contributed by atoms with Crippen molar-refractivity contribution < 1.29 is 24.9 Å². The molecule has 1 amide bonds. The molecule has 0 spiro atoms. The van der Waals surface area contributed by atoms with Gasteiger partial charge in [0.2, 0.25) is 0 Å². The van der Waals surface area contributed by atoms with Gasteiger partial charge in [0.1, 0.15) is 11.4 Å². The Kier molecular flexibility index (Phi) is 4.43. The molecule has 0 saturated carbocycles. The first kappa shape index (κ1) is 15.1. The summed E-state index contributed by atoms with van der Waals surface area (Å²) in [7, 11) is 0. The highest BCUT2D eigenvalue weighted by Gasteiger charge is 2.13. The molecule has 0 aliphatic rings. The van der Waals surface area contributed by atoms with E-state index in [0.717, 1.165) is 12.1 Å². The molecule has 0 heterocycles. The Bertz CT molecular complexity index is 737. The lowest BCUT2D eigenvalue weighted by Gasteiger charge is -2.12. The average Bonchev–Trinajstić information content (AvgIpc) is 2.49. The number of phenols is 1. The maximum Gasteiger partial charge on any atom is 0.352 e. The molecule has 6 nitrogen and oxygen atoms in total. The number of aliphatic carboxylic acids is 1. The highest BCUT2D eigenvalue weighted by atomic mass is 16.4. The summed E-state index contributed by atoms with van der Waals surface area (Å²) in [6.07, 6.45) is 1.05. The van der Waals surface area contributed by atoms with Crippen LogP contribution in [0.5, 0.6) is 11.5 Å². The first-order chi connectivity index (χ1) is 10.5. The third-order valence-electron chi connectivity index (χ3n) is 2.81. The van der Waals surface area contributed by atoms with E-state index >= 15 is 0 Å². The quantitative estimate of drug-likeness (QED) is 0.737. The second kappa shape index (κ2) is 6.45. The van der Waals surface area contributed by atoms with Crippen LogP contribution in [-0.4, -0.2) is 22.1 Å². The van der Waals surface area contributed by atoms with Gasteiger partial charge in [-0.05, 0) is 35.9 Å². The number of hydrogen-bond donors (Lipinski definition) is 3. The van der Waals surface area contributed by atoms with Crippen LogP contribution in [0, 0.1) is 0 Å². The number of carboxylic acids is 1. The lowest BCUT2D eigenvalue weighted by Crippen LogP contribution is -2.27. The van der Waals surface area contributed by atoms with E-state index in [4.69, 9.17) is 10.2 Å². The summed E-state index contributed by atoms with van der Waals surface area (Å²) in [5.41, 5.74) is -0.0945. The zero-order chi connectivity index (χ0) is 16.1. The van der Waals surface area contributed by atoms with Crippen molar-refractivity contribution in [3.8, 4) is 11.5 Å². The Balaban J connectivity index is 2.29. The standard InChI is InChI=1S/C16H13NO5/c18-12-7-6-11(14(19)9-12)8-13(16(21)22)17-15(20)10-4-2-1-3-5-10/h1-9,18-19H,(H,17,20)(H,21,22)/p-1/b13-8+. The topological polar surface area (TPSA) is 110 Å². The zero-order valence-corrected chi connectivity index (χ0v) is 11.3. The molecule has 0 aliphatic carbocycles.